The molecule has 8 nitrogen and oxygen atoms in total. The summed E-state index contributed by atoms with van der Waals surface area (Å²) in [5.74, 6) is 0.498. The van der Waals surface area contributed by atoms with Crippen LogP contribution in [0.25, 0.3) is 0 Å². The van der Waals surface area contributed by atoms with Gasteiger partial charge in [0.25, 0.3) is 5.91 Å². The highest BCUT2D eigenvalue weighted by molar-refractivity contribution is 6.34. The van der Waals surface area contributed by atoms with Crippen molar-refractivity contribution in [3.05, 3.63) is 92.7 Å². The number of hydrogen-bond acceptors (Lipinski definition) is 5. The van der Waals surface area contributed by atoms with Crippen molar-refractivity contribution in [2.75, 3.05) is 18.5 Å². The normalized spacial score (nSPS) is 11.2. The first-order chi connectivity index (χ1) is 20.5. The lowest BCUT2D eigenvalue weighted by molar-refractivity contribution is -0.139. The number of aliphatic carboxylic acids is 1. The summed E-state index contributed by atoms with van der Waals surface area (Å²) in [5, 5.41) is 13.6. The van der Waals surface area contributed by atoms with Gasteiger partial charge in [0.2, 0.25) is 5.91 Å². The maximum atomic E-state index is 13.9. The molecule has 0 saturated heterocycles. The highest BCUT2D eigenvalue weighted by Crippen LogP contribution is 2.32. The second-order valence-corrected chi connectivity index (χ2v) is 10.5. The molecule has 14 heteroatoms. The second kappa shape index (κ2) is 13.8. The van der Waals surface area contributed by atoms with E-state index in [4.69, 9.17) is 33.0 Å². The fraction of sp³-hybridized carbons (Fsp3) is 0.200. The Morgan fingerprint density at radius 1 is 0.977 bits per heavy atom. The molecular formula is C30H22Cl2F4N2O6. The highest BCUT2D eigenvalue weighted by atomic mass is 35.5. The molecule has 0 aliphatic carbocycles. The number of rotatable bonds is 9. The van der Waals surface area contributed by atoms with E-state index in [0.717, 1.165) is 6.07 Å². The topological polar surface area (TPSA) is 122 Å². The van der Waals surface area contributed by atoms with Crippen LogP contribution in [-0.4, -0.2) is 41.8 Å². The van der Waals surface area contributed by atoms with E-state index < -0.39 is 65.3 Å². The van der Waals surface area contributed by atoms with Crippen LogP contribution < -0.4 is 15.4 Å². The summed E-state index contributed by atoms with van der Waals surface area (Å²) >= 11 is 12.2. The van der Waals surface area contributed by atoms with E-state index in [2.05, 4.69) is 22.5 Å². The molecule has 0 aromatic heterocycles. The first-order valence-electron chi connectivity index (χ1n) is 12.4. The van der Waals surface area contributed by atoms with Crippen molar-refractivity contribution in [3.63, 3.8) is 0 Å². The number of carboxylic acid groups (broad SMARTS) is 1. The molecule has 3 rings (SSSR count). The Hall–Kier alpha value is -4.60. The smallest absolute Gasteiger partial charge is 0.416 e. The van der Waals surface area contributed by atoms with Gasteiger partial charge in [0.05, 0.1) is 21.8 Å². The van der Waals surface area contributed by atoms with Crippen LogP contribution in [0.1, 0.15) is 40.9 Å². The third kappa shape index (κ3) is 9.20. The summed E-state index contributed by atoms with van der Waals surface area (Å²) in [4.78, 5) is 48.4. The lowest BCUT2D eigenvalue weighted by Gasteiger charge is -2.16. The van der Waals surface area contributed by atoms with E-state index in [0.29, 0.717) is 17.7 Å². The van der Waals surface area contributed by atoms with Gasteiger partial charge in [0.1, 0.15) is 23.5 Å². The van der Waals surface area contributed by atoms with Gasteiger partial charge in [-0.15, -0.1) is 0 Å². The van der Waals surface area contributed by atoms with Crippen LogP contribution in [0.3, 0.4) is 0 Å². The number of carbonyl (C=O) groups excluding carboxylic acids is 3. The van der Waals surface area contributed by atoms with Crippen LogP contribution in [0.5, 0.6) is 5.75 Å². The largest absolute Gasteiger partial charge is 0.483 e. The molecule has 0 radical (unpaired) electrons. The Morgan fingerprint density at radius 2 is 1.68 bits per heavy atom. The van der Waals surface area contributed by atoms with Crippen molar-refractivity contribution in [3.8, 4) is 17.6 Å². The molecule has 0 fully saturated rings. The second-order valence-electron chi connectivity index (χ2n) is 9.68. The summed E-state index contributed by atoms with van der Waals surface area (Å²) in [6, 6.07) is 9.41. The summed E-state index contributed by atoms with van der Waals surface area (Å²) in [7, 11) is 0. The van der Waals surface area contributed by atoms with Crippen molar-refractivity contribution >= 4 is 52.5 Å². The molecule has 2 amide bonds. The third-order valence-electron chi connectivity index (χ3n) is 5.76. The van der Waals surface area contributed by atoms with E-state index in [1.807, 2.05) is 0 Å². The molecule has 3 aromatic rings. The number of alkyl halides is 3. The fourth-order valence-electron chi connectivity index (χ4n) is 3.53. The standard InChI is InChI=1S/C30H22Cl2F4N2O6/c1-29(2,28(43)37-14-26(40)41)8-7-16-3-5-23(22(32)9-16)38-25(39)15-44-24-6-4-19(31)13-21(24)27(42)17-10-18(30(34,35)36)12-20(33)11-17/h3-6,9-13H,14-15H2,1-2H3,(H,37,43)(H,38,39)(H,40,41). The van der Waals surface area contributed by atoms with Crippen LogP contribution in [-0.2, 0) is 20.6 Å². The molecule has 0 aliphatic rings. The zero-order valence-electron chi connectivity index (χ0n) is 22.9. The van der Waals surface area contributed by atoms with E-state index in [9.17, 15) is 36.7 Å². The van der Waals surface area contributed by atoms with Crippen LogP contribution in [0.15, 0.2) is 54.6 Å². The Morgan fingerprint density at radius 3 is 2.32 bits per heavy atom. The molecule has 230 valence electrons. The van der Waals surface area contributed by atoms with Gasteiger partial charge in [-0.2, -0.15) is 13.2 Å². The van der Waals surface area contributed by atoms with Gasteiger partial charge in [-0.1, -0.05) is 35.0 Å². The number of nitrogens with one attached hydrogen (secondary N) is 2. The Labute approximate surface area is 258 Å². The van der Waals surface area contributed by atoms with Gasteiger partial charge in [0, 0.05) is 16.1 Å². The predicted octanol–water partition coefficient (Wildman–Crippen LogP) is 5.98. The van der Waals surface area contributed by atoms with Gasteiger partial charge in [-0.25, -0.2) is 4.39 Å². The van der Waals surface area contributed by atoms with Crippen LogP contribution >= 0.6 is 23.2 Å². The summed E-state index contributed by atoms with van der Waals surface area (Å²) < 4.78 is 58.8. The molecular weight excluding hydrogens is 631 g/mol. The Balaban J connectivity index is 1.71. The maximum absolute atomic E-state index is 13.9. The van der Waals surface area contributed by atoms with Crippen LogP contribution in [0, 0.1) is 23.1 Å². The Kier molecular flexibility index (Phi) is 10.6. The summed E-state index contributed by atoms with van der Waals surface area (Å²) in [5.41, 5.74) is -2.93. The lowest BCUT2D eigenvalue weighted by atomic mass is 9.92. The fourth-order valence-corrected chi connectivity index (χ4v) is 3.93. The van der Waals surface area contributed by atoms with E-state index >= 15 is 0 Å². The number of amides is 2. The first kappa shape index (κ1) is 33.9. The minimum atomic E-state index is -4.90. The molecule has 0 atom stereocenters. The van der Waals surface area contributed by atoms with E-state index in [-0.39, 0.29) is 33.1 Å². The van der Waals surface area contributed by atoms with Gasteiger partial charge in [0.15, 0.2) is 12.4 Å². The van der Waals surface area contributed by atoms with Gasteiger partial charge >= 0.3 is 12.1 Å². The molecule has 0 unspecified atom stereocenters. The average Bonchev–Trinajstić information content (AvgIpc) is 2.94. The van der Waals surface area contributed by atoms with Gasteiger partial charge < -0.3 is 20.5 Å². The first-order valence-corrected chi connectivity index (χ1v) is 13.2. The van der Waals surface area contributed by atoms with Gasteiger partial charge in [-0.3, -0.25) is 19.2 Å². The average molecular weight is 653 g/mol. The summed E-state index contributed by atoms with van der Waals surface area (Å²) in [6.45, 7) is 1.80. The number of hydrogen-bond donors (Lipinski definition) is 3. The molecule has 0 bridgehead atoms. The van der Waals surface area contributed by atoms with E-state index in [1.54, 1.807) is 0 Å². The minimum Gasteiger partial charge on any atom is -0.483 e. The van der Waals surface area contributed by atoms with Crippen LogP contribution in [0.2, 0.25) is 10.0 Å². The van der Waals surface area contributed by atoms with Crippen molar-refractivity contribution in [2.45, 2.75) is 20.0 Å². The quantitative estimate of drug-likeness (QED) is 0.149. The number of anilines is 1. The number of carbonyl (C=O) groups is 4. The molecule has 0 heterocycles. The van der Waals surface area contributed by atoms with Gasteiger partial charge in [-0.05, 0) is 68.4 Å². The molecule has 0 saturated carbocycles. The number of ether oxygens (including phenoxy) is 1. The van der Waals surface area contributed by atoms with E-state index in [1.165, 1.54) is 44.2 Å². The predicted molar refractivity (Wildman–Crippen MR) is 153 cm³/mol. The number of halogens is 6. The molecule has 3 aromatic carbocycles. The molecule has 0 spiro atoms. The number of carboxylic acids is 1. The zero-order chi connectivity index (χ0) is 32.8. The minimum absolute atomic E-state index is 0.0387. The number of ketones is 1. The lowest BCUT2D eigenvalue weighted by Crippen LogP contribution is -2.38. The van der Waals surface area contributed by atoms with Crippen LogP contribution in [0.4, 0.5) is 23.2 Å². The van der Waals surface area contributed by atoms with Crippen molar-refractivity contribution < 1.29 is 46.6 Å². The molecule has 0 aliphatic heterocycles. The third-order valence-corrected chi connectivity index (χ3v) is 6.31. The number of benzene rings is 3. The molecule has 3 N–H and O–H groups in total. The summed E-state index contributed by atoms with van der Waals surface area (Å²) in [6.07, 6.45) is -4.90. The van der Waals surface area contributed by atoms with Crippen molar-refractivity contribution in [1.82, 2.24) is 5.32 Å². The molecule has 44 heavy (non-hydrogen) atoms. The highest BCUT2D eigenvalue weighted by Gasteiger charge is 2.32. The monoisotopic (exact) mass is 652 g/mol. The van der Waals surface area contributed by atoms with Crippen molar-refractivity contribution in [2.24, 2.45) is 5.41 Å². The van der Waals surface area contributed by atoms with Crippen molar-refractivity contribution in [1.29, 1.82) is 0 Å². The SMILES string of the molecule is CC(C)(C#Cc1ccc(NC(=O)COc2ccc(Cl)cc2C(=O)c2cc(F)cc(C(F)(F)F)c2)c(Cl)c1)C(=O)NCC(=O)O. The Bertz CT molecular complexity index is 1700. The maximum Gasteiger partial charge on any atom is 0.416 e. The zero-order valence-corrected chi connectivity index (χ0v) is 24.4.